The summed E-state index contributed by atoms with van der Waals surface area (Å²) in [6.07, 6.45) is 6.61. The number of aromatic nitrogens is 3. The van der Waals surface area contributed by atoms with Crippen LogP contribution in [0, 0.1) is 0 Å². The summed E-state index contributed by atoms with van der Waals surface area (Å²) in [4.78, 5) is 0. The number of halogens is 1. The lowest BCUT2D eigenvalue weighted by Crippen LogP contribution is -2.28. The number of allylic oxidation sites excluding steroid dienone is 1. The molecule has 1 heterocycles. The molecule has 0 fully saturated rings. The third-order valence-electron chi connectivity index (χ3n) is 2.91. The molecule has 1 aromatic carbocycles. The average molecular weight is 307 g/mol. The number of benzene rings is 1. The minimum atomic E-state index is -0.0511. The molecule has 1 atom stereocenters. The molecular weight excluding hydrogens is 288 g/mol. The Balaban J connectivity index is 1.86. The van der Waals surface area contributed by atoms with Crippen LogP contribution in [0.1, 0.15) is 11.3 Å². The van der Waals surface area contributed by atoms with Crippen molar-refractivity contribution in [2.45, 2.75) is 19.0 Å². The van der Waals surface area contributed by atoms with Crippen LogP contribution in [-0.2, 0) is 17.7 Å². The zero-order valence-corrected chi connectivity index (χ0v) is 12.7. The first-order valence-corrected chi connectivity index (χ1v) is 7.11. The molecule has 1 aromatic heterocycles. The smallest absolute Gasteiger partial charge is 0.0843 e. The molecular formula is C15H19ClN4O. The van der Waals surface area contributed by atoms with E-state index in [4.69, 9.17) is 22.1 Å². The van der Waals surface area contributed by atoms with Crippen molar-refractivity contribution < 1.29 is 4.74 Å². The third-order valence-corrected chi connectivity index (χ3v) is 3.16. The van der Waals surface area contributed by atoms with Gasteiger partial charge in [-0.25, -0.2) is 4.68 Å². The van der Waals surface area contributed by atoms with Crippen LogP contribution in [0.3, 0.4) is 0 Å². The number of ether oxygens (including phenoxy) is 1. The van der Waals surface area contributed by atoms with E-state index in [1.807, 2.05) is 42.6 Å². The van der Waals surface area contributed by atoms with E-state index in [9.17, 15) is 0 Å². The summed E-state index contributed by atoms with van der Waals surface area (Å²) in [5, 5.41) is 8.91. The maximum absolute atomic E-state index is 5.89. The van der Waals surface area contributed by atoms with Gasteiger partial charge in [-0.3, -0.25) is 0 Å². The highest BCUT2D eigenvalue weighted by Gasteiger charge is 2.06. The number of nitrogens with two attached hydrogens (primary N) is 1. The van der Waals surface area contributed by atoms with E-state index < -0.39 is 0 Å². The fourth-order valence-electron chi connectivity index (χ4n) is 1.93. The molecule has 21 heavy (non-hydrogen) atoms. The molecule has 112 valence electrons. The molecule has 0 spiro atoms. The van der Waals surface area contributed by atoms with Crippen LogP contribution in [0.4, 0.5) is 0 Å². The first-order valence-electron chi connectivity index (χ1n) is 6.73. The lowest BCUT2D eigenvalue weighted by molar-refractivity contribution is 0.179. The van der Waals surface area contributed by atoms with E-state index in [-0.39, 0.29) is 6.04 Å². The van der Waals surface area contributed by atoms with E-state index >= 15 is 0 Å². The molecule has 5 nitrogen and oxygen atoms in total. The maximum atomic E-state index is 5.89. The molecule has 2 aromatic rings. The number of rotatable bonds is 7. The van der Waals surface area contributed by atoms with E-state index in [1.165, 1.54) is 0 Å². The molecule has 0 aliphatic heterocycles. The SMILES string of the molecule is COCC(N)Cc1cn(C/C=C/c2ccc(Cl)cc2)nn1. The topological polar surface area (TPSA) is 66.0 Å². The Morgan fingerprint density at radius 1 is 1.38 bits per heavy atom. The fourth-order valence-corrected chi connectivity index (χ4v) is 2.06. The number of hydrogen-bond acceptors (Lipinski definition) is 4. The second-order valence-corrected chi connectivity index (χ2v) is 5.24. The Morgan fingerprint density at radius 2 is 2.14 bits per heavy atom. The Kier molecular flexibility index (Phi) is 5.92. The molecule has 0 amide bonds. The van der Waals surface area contributed by atoms with Gasteiger partial charge in [0.1, 0.15) is 0 Å². The monoisotopic (exact) mass is 306 g/mol. The van der Waals surface area contributed by atoms with Crippen LogP contribution in [0.25, 0.3) is 6.08 Å². The van der Waals surface area contributed by atoms with Crippen molar-refractivity contribution in [3.63, 3.8) is 0 Å². The Morgan fingerprint density at radius 3 is 2.86 bits per heavy atom. The van der Waals surface area contributed by atoms with Crippen LogP contribution in [0.15, 0.2) is 36.5 Å². The summed E-state index contributed by atoms with van der Waals surface area (Å²) >= 11 is 5.84. The quantitative estimate of drug-likeness (QED) is 0.851. The standard InChI is InChI=1S/C15H19ClN4O/c1-21-11-14(17)9-15-10-20(19-18-15)8-2-3-12-4-6-13(16)7-5-12/h2-7,10,14H,8-9,11,17H2,1H3/b3-2+. The van der Waals surface area contributed by atoms with Crippen LogP contribution < -0.4 is 5.73 Å². The molecule has 0 saturated carbocycles. The van der Waals surface area contributed by atoms with E-state index in [0.717, 1.165) is 16.3 Å². The Hall–Kier alpha value is -1.69. The van der Waals surface area contributed by atoms with E-state index in [0.29, 0.717) is 19.6 Å². The van der Waals surface area contributed by atoms with Gasteiger partial charge in [0.05, 0.1) is 18.8 Å². The van der Waals surface area contributed by atoms with Crippen molar-refractivity contribution in [3.05, 3.63) is 52.8 Å². The van der Waals surface area contributed by atoms with Crippen molar-refractivity contribution in [3.8, 4) is 0 Å². The lowest BCUT2D eigenvalue weighted by atomic mass is 10.2. The van der Waals surface area contributed by atoms with Crippen LogP contribution in [0.2, 0.25) is 5.02 Å². The van der Waals surface area contributed by atoms with Crippen molar-refractivity contribution in [2.75, 3.05) is 13.7 Å². The number of hydrogen-bond donors (Lipinski definition) is 1. The van der Waals surface area contributed by atoms with Gasteiger partial charge in [-0.2, -0.15) is 0 Å². The molecule has 0 saturated heterocycles. The summed E-state index contributed by atoms with van der Waals surface area (Å²) in [7, 11) is 1.64. The summed E-state index contributed by atoms with van der Waals surface area (Å²) in [6, 6.07) is 7.62. The molecule has 6 heteroatoms. The molecule has 0 bridgehead atoms. The average Bonchev–Trinajstić information content (AvgIpc) is 2.89. The van der Waals surface area contributed by atoms with Crippen molar-refractivity contribution in [1.82, 2.24) is 15.0 Å². The summed E-state index contributed by atoms with van der Waals surface area (Å²) in [6.45, 7) is 1.18. The van der Waals surface area contributed by atoms with Crippen LogP contribution in [-0.4, -0.2) is 34.8 Å². The zero-order valence-electron chi connectivity index (χ0n) is 11.9. The minimum absolute atomic E-state index is 0.0511. The van der Waals surface area contributed by atoms with Crippen LogP contribution >= 0.6 is 11.6 Å². The Bertz CT molecular complexity index is 580. The molecule has 0 radical (unpaired) electrons. The molecule has 2 rings (SSSR count). The van der Waals surface area contributed by atoms with Gasteiger partial charge in [0.25, 0.3) is 0 Å². The highest BCUT2D eigenvalue weighted by atomic mass is 35.5. The van der Waals surface area contributed by atoms with Crippen molar-refractivity contribution in [1.29, 1.82) is 0 Å². The van der Waals surface area contributed by atoms with Gasteiger partial charge in [-0.1, -0.05) is 41.1 Å². The molecule has 1 unspecified atom stereocenters. The van der Waals surface area contributed by atoms with E-state index in [2.05, 4.69) is 10.3 Å². The summed E-state index contributed by atoms with van der Waals surface area (Å²) < 4.78 is 6.78. The molecule has 2 N–H and O–H groups in total. The molecule has 0 aliphatic carbocycles. The van der Waals surface area contributed by atoms with Gasteiger partial charge in [-0.05, 0) is 17.7 Å². The van der Waals surface area contributed by atoms with Gasteiger partial charge < -0.3 is 10.5 Å². The zero-order chi connectivity index (χ0) is 15.1. The van der Waals surface area contributed by atoms with Gasteiger partial charge in [-0.15, -0.1) is 5.10 Å². The highest BCUT2D eigenvalue weighted by molar-refractivity contribution is 6.30. The van der Waals surface area contributed by atoms with Gasteiger partial charge in [0.2, 0.25) is 0 Å². The normalized spacial score (nSPS) is 12.9. The van der Waals surface area contributed by atoms with Crippen molar-refractivity contribution in [2.24, 2.45) is 5.73 Å². The number of methoxy groups -OCH3 is 1. The second-order valence-electron chi connectivity index (χ2n) is 4.81. The summed E-state index contributed by atoms with van der Waals surface area (Å²) in [5.74, 6) is 0. The Labute approximate surface area is 129 Å². The predicted octanol–water partition coefficient (Wildman–Crippen LogP) is 2.16. The maximum Gasteiger partial charge on any atom is 0.0843 e. The predicted molar refractivity (Wildman–Crippen MR) is 84.1 cm³/mol. The van der Waals surface area contributed by atoms with E-state index in [1.54, 1.807) is 11.8 Å². The van der Waals surface area contributed by atoms with Crippen molar-refractivity contribution >= 4 is 17.7 Å². The van der Waals surface area contributed by atoms with Gasteiger partial charge >= 0.3 is 0 Å². The first kappa shape index (κ1) is 15.7. The number of nitrogens with zero attached hydrogens (tertiary/aromatic N) is 3. The lowest BCUT2D eigenvalue weighted by Gasteiger charge is -2.06. The summed E-state index contributed by atoms with van der Waals surface area (Å²) in [5.41, 5.74) is 7.86. The van der Waals surface area contributed by atoms with Gasteiger partial charge in [0.15, 0.2) is 0 Å². The fraction of sp³-hybridized carbons (Fsp3) is 0.333. The van der Waals surface area contributed by atoms with Crippen LogP contribution in [0.5, 0.6) is 0 Å². The first-order chi connectivity index (χ1) is 10.2. The van der Waals surface area contributed by atoms with Gasteiger partial charge in [0, 0.05) is 30.8 Å². The molecule has 0 aliphatic rings. The highest BCUT2D eigenvalue weighted by Crippen LogP contribution is 2.10. The largest absolute Gasteiger partial charge is 0.383 e. The third kappa shape index (κ3) is 5.30. The second kappa shape index (κ2) is 7.93. The minimum Gasteiger partial charge on any atom is -0.383 e.